The molecule has 1 saturated carbocycles. The summed E-state index contributed by atoms with van der Waals surface area (Å²) in [5.41, 5.74) is -0.242. The SMILES string of the molecule is CC(=O)O[C@]1(C)C[C@H]1/C(=C\c1ccccc1)OC(=O)C(C)(C)C. The first-order valence-electron chi connectivity index (χ1n) is 7.80. The molecule has 0 spiro atoms. The molecule has 1 aromatic rings. The first kappa shape index (κ1) is 17.3. The molecule has 0 aliphatic heterocycles. The Kier molecular flexibility index (Phi) is 4.64. The molecule has 0 bridgehead atoms. The molecule has 4 nitrogen and oxygen atoms in total. The molecule has 23 heavy (non-hydrogen) atoms. The molecule has 0 radical (unpaired) electrons. The van der Waals surface area contributed by atoms with Crippen molar-refractivity contribution in [2.75, 3.05) is 0 Å². The molecule has 0 N–H and O–H groups in total. The molecule has 0 unspecified atom stereocenters. The number of carbonyl (C=O) groups is 2. The van der Waals surface area contributed by atoms with E-state index in [-0.39, 0.29) is 17.9 Å². The fourth-order valence-electron chi connectivity index (χ4n) is 2.36. The highest BCUT2D eigenvalue weighted by Crippen LogP contribution is 2.52. The van der Waals surface area contributed by atoms with Gasteiger partial charge in [-0.05, 0) is 39.3 Å². The van der Waals surface area contributed by atoms with Crippen molar-refractivity contribution in [3.63, 3.8) is 0 Å². The molecule has 1 aromatic carbocycles. The topological polar surface area (TPSA) is 52.6 Å². The van der Waals surface area contributed by atoms with Gasteiger partial charge in [-0.25, -0.2) is 0 Å². The van der Waals surface area contributed by atoms with Crippen LogP contribution in [0.2, 0.25) is 0 Å². The molecule has 2 rings (SSSR count). The highest BCUT2D eigenvalue weighted by Gasteiger charge is 2.57. The van der Waals surface area contributed by atoms with Crippen LogP contribution in [0.15, 0.2) is 36.1 Å². The van der Waals surface area contributed by atoms with Gasteiger partial charge in [0.25, 0.3) is 0 Å². The number of ether oxygens (including phenoxy) is 2. The molecule has 4 heteroatoms. The van der Waals surface area contributed by atoms with E-state index in [1.807, 2.05) is 64.1 Å². The molecule has 0 heterocycles. The minimum Gasteiger partial charge on any atom is -0.459 e. The van der Waals surface area contributed by atoms with E-state index >= 15 is 0 Å². The Morgan fingerprint density at radius 1 is 1.22 bits per heavy atom. The molecule has 2 atom stereocenters. The maximum absolute atomic E-state index is 12.3. The van der Waals surface area contributed by atoms with Crippen LogP contribution in [-0.2, 0) is 19.1 Å². The van der Waals surface area contributed by atoms with Gasteiger partial charge in [0.05, 0.1) is 11.3 Å². The molecule has 1 fully saturated rings. The Morgan fingerprint density at radius 2 is 1.83 bits per heavy atom. The van der Waals surface area contributed by atoms with Crippen LogP contribution in [-0.4, -0.2) is 17.5 Å². The summed E-state index contributed by atoms with van der Waals surface area (Å²) in [6, 6.07) is 9.66. The summed E-state index contributed by atoms with van der Waals surface area (Å²) in [6.45, 7) is 8.69. The minimum absolute atomic E-state index is 0.0992. The Labute approximate surface area is 137 Å². The monoisotopic (exact) mass is 316 g/mol. The van der Waals surface area contributed by atoms with Gasteiger partial charge in [0.15, 0.2) is 0 Å². The highest BCUT2D eigenvalue weighted by atomic mass is 16.6. The van der Waals surface area contributed by atoms with Crippen LogP contribution in [0.5, 0.6) is 0 Å². The summed E-state index contributed by atoms with van der Waals surface area (Å²) >= 11 is 0. The third-order valence-corrected chi connectivity index (χ3v) is 3.84. The second-order valence-electron chi connectivity index (χ2n) is 7.26. The van der Waals surface area contributed by atoms with Crippen LogP contribution in [0.25, 0.3) is 6.08 Å². The van der Waals surface area contributed by atoms with Gasteiger partial charge in [0.1, 0.15) is 11.4 Å². The summed E-state index contributed by atoms with van der Waals surface area (Å²) < 4.78 is 11.0. The second-order valence-corrected chi connectivity index (χ2v) is 7.26. The van der Waals surface area contributed by atoms with Gasteiger partial charge in [-0.15, -0.1) is 0 Å². The van der Waals surface area contributed by atoms with Crippen molar-refractivity contribution < 1.29 is 19.1 Å². The average Bonchev–Trinajstić information content (AvgIpc) is 3.08. The van der Waals surface area contributed by atoms with E-state index in [9.17, 15) is 9.59 Å². The molecule has 0 aromatic heterocycles. The zero-order valence-corrected chi connectivity index (χ0v) is 14.4. The van der Waals surface area contributed by atoms with Gasteiger partial charge in [0.2, 0.25) is 0 Å². The quantitative estimate of drug-likeness (QED) is 0.623. The van der Waals surface area contributed by atoms with E-state index in [2.05, 4.69) is 0 Å². The smallest absolute Gasteiger partial charge is 0.316 e. The maximum atomic E-state index is 12.3. The second kappa shape index (κ2) is 6.19. The van der Waals surface area contributed by atoms with E-state index in [1.54, 1.807) is 0 Å². The third kappa shape index (κ3) is 4.44. The molecule has 0 amide bonds. The fraction of sp³-hybridized carbons (Fsp3) is 0.474. The molecule has 124 valence electrons. The van der Waals surface area contributed by atoms with E-state index in [0.29, 0.717) is 12.2 Å². The first-order chi connectivity index (χ1) is 10.6. The summed E-state index contributed by atoms with van der Waals surface area (Å²) in [5.74, 6) is -0.161. The number of rotatable bonds is 4. The van der Waals surface area contributed by atoms with Gasteiger partial charge in [-0.2, -0.15) is 0 Å². The van der Waals surface area contributed by atoms with Crippen molar-refractivity contribution in [2.24, 2.45) is 11.3 Å². The van der Waals surface area contributed by atoms with Gasteiger partial charge in [-0.1, -0.05) is 30.3 Å². The largest absolute Gasteiger partial charge is 0.459 e. The minimum atomic E-state index is -0.595. The molecule has 1 aliphatic carbocycles. The number of carbonyl (C=O) groups excluding carboxylic acids is 2. The lowest BCUT2D eigenvalue weighted by molar-refractivity contribution is -0.150. The van der Waals surface area contributed by atoms with Crippen molar-refractivity contribution >= 4 is 18.0 Å². The molecule has 0 saturated heterocycles. The number of esters is 2. The van der Waals surface area contributed by atoms with Crippen LogP contribution < -0.4 is 0 Å². The number of benzene rings is 1. The molecule has 1 aliphatic rings. The van der Waals surface area contributed by atoms with Crippen molar-refractivity contribution in [1.29, 1.82) is 0 Å². The normalized spacial score (nSPS) is 24.0. The van der Waals surface area contributed by atoms with E-state index in [4.69, 9.17) is 9.47 Å². The predicted molar refractivity (Wildman–Crippen MR) is 88.2 cm³/mol. The number of hydrogen-bond acceptors (Lipinski definition) is 4. The van der Waals surface area contributed by atoms with Crippen molar-refractivity contribution in [3.05, 3.63) is 41.7 Å². The molecular formula is C19H24O4. The van der Waals surface area contributed by atoms with Crippen LogP contribution in [0, 0.1) is 11.3 Å². The standard InChI is InChI=1S/C19H24O4/c1-13(20)23-19(5)12-15(19)16(22-17(21)18(2,3)4)11-14-9-7-6-8-10-14/h6-11,15H,12H2,1-5H3/b16-11+/t15-,19+/m0/s1. The van der Waals surface area contributed by atoms with Gasteiger partial charge < -0.3 is 9.47 Å². The van der Waals surface area contributed by atoms with E-state index in [0.717, 1.165) is 5.56 Å². The van der Waals surface area contributed by atoms with Crippen molar-refractivity contribution in [2.45, 2.75) is 46.6 Å². The fourth-order valence-corrected chi connectivity index (χ4v) is 2.36. The zero-order chi connectivity index (χ0) is 17.3. The highest BCUT2D eigenvalue weighted by molar-refractivity contribution is 5.77. The average molecular weight is 316 g/mol. The lowest BCUT2D eigenvalue weighted by Gasteiger charge is -2.19. The lowest BCUT2D eigenvalue weighted by Crippen LogP contribution is -2.24. The Balaban J connectivity index is 2.25. The Morgan fingerprint density at radius 3 is 2.35 bits per heavy atom. The van der Waals surface area contributed by atoms with Crippen molar-refractivity contribution in [3.8, 4) is 0 Å². The Bertz CT molecular complexity index is 625. The van der Waals surface area contributed by atoms with Gasteiger partial charge >= 0.3 is 11.9 Å². The maximum Gasteiger partial charge on any atom is 0.316 e. The van der Waals surface area contributed by atoms with Gasteiger partial charge in [-0.3, -0.25) is 9.59 Å². The van der Waals surface area contributed by atoms with Crippen LogP contribution in [0.1, 0.15) is 46.6 Å². The van der Waals surface area contributed by atoms with Crippen LogP contribution in [0.3, 0.4) is 0 Å². The summed E-state index contributed by atoms with van der Waals surface area (Å²) in [7, 11) is 0. The van der Waals surface area contributed by atoms with E-state index in [1.165, 1.54) is 6.92 Å². The van der Waals surface area contributed by atoms with Crippen LogP contribution >= 0.6 is 0 Å². The summed E-state index contributed by atoms with van der Waals surface area (Å²) in [4.78, 5) is 23.5. The first-order valence-corrected chi connectivity index (χ1v) is 7.80. The van der Waals surface area contributed by atoms with E-state index < -0.39 is 11.0 Å². The Hall–Kier alpha value is -2.10. The lowest BCUT2D eigenvalue weighted by atomic mass is 9.97. The predicted octanol–water partition coefficient (Wildman–Crippen LogP) is 3.96. The summed E-state index contributed by atoms with van der Waals surface area (Å²) in [5, 5.41) is 0. The summed E-state index contributed by atoms with van der Waals surface area (Å²) in [6.07, 6.45) is 2.51. The van der Waals surface area contributed by atoms with Gasteiger partial charge in [0, 0.05) is 13.3 Å². The third-order valence-electron chi connectivity index (χ3n) is 3.84. The molecular weight excluding hydrogens is 292 g/mol. The van der Waals surface area contributed by atoms with Crippen LogP contribution in [0.4, 0.5) is 0 Å². The number of hydrogen-bond donors (Lipinski definition) is 0. The zero-order valence-electron chi connectivity index (χ0n) is 14.4. The van der Waals surface area contributed by atoms with Crippen molar-refractivity contribution in [1.82, 2.24) is 0 Å².